The largest absolute Gasteiger partial charge is 0.486 e. The van der Waals surface area contributed by atoms with Crippen LogP contribution in [0.1, 0.15) is 24.4 Å². The Kier molecular flexibility index (Phi) is 5.72. The molecule has 4 heterocycles. The predicted octanol–water partition coefficient (Wildman–Crippen LogP) is 1.96. The second kappa shape index (κ2) is 8.94. The fourth-order valence-electron chi connectivity index (χ4n) is 5.41. The van der Waals surface area contributed by atoms with Crippen molar-refractivity contribution < 1.29 is 27.5 Å². The number of carbonyl (C=O) groups excluding carboxylic acids is 2. The zero-order chi connectivity index (χ0) is 24.9. The van der Waals surface area contributed by atoms with Crippen LogP contribution >= 0.6 is 0 Å². The first-order valence-electron chi connectivity index (χ1n) is 12.1. The molecule has 1 saturated heterocycles. The molecule has 6 rings (SSSR count). The van der Waals surface area contributed by atoms with Crippen LogP contribution in [0.25, 0.3) is 0 Å². The van der Waals surface area contributed by atoms with E-state index in [9.17, 15) is 18.0 Å². The van der Waals surface area contributed by atoms with E-state index < -0.39 is 16.1 Å². The number of benzene rings is 2. The summed E-state index contributed by atoms with van der Waals surface area (Å²) in [5, 5.41) is 0. The van der Waals surface area contributed by atoms with Crippen molar-refractivity contribution in [2.75, 3.05) is 45.9 Å². The summed E-state index contributed by atoms with van der Waals surface area (Å²) in [6.07, 6.45) is 1.20. The average molecular weight is 510 g/mol. The van der Waals surface area contributed by atoms with Crippen LogP contribution in [-0.4, -0.2) is 80.3 Å². The molecule has 4 aliphatic heterocycles. The maximum absolute atomic E-state index is 13.7. The van der Waals surface area contributed by atoms with Gasteiger partial charge in [0.2, 0.25) is 15.9 Å². The highest BCUT2D eigenvalue weighted by Gasteiger charge is 2.42. The summed E-state index contributed by atoms with van der Waals surface area (Å²) in [5.74, 6) is 0.851. The van der Waals surface area contributed by atoms with Crippen molar-refractivity contribution in [1.82, 2.24) is 14.1 Å². The van der Waals surface area contributed by atoms with Gasteiger partial charge in [0.15, 0.2) is 11.5 Å². The maximum Gasteiger partial charge on any atom is 0.250 e. The van der Waals surface area contributed by atoms with Crippen molar-refractivity contribution in [3.63, 3.8) is 0 Å². The molecule has 1 unspecified atom stereocenters. The van der Waals surface area contributed by atoms with Crippen LogP contribution in [-0.2, 0) is 19.6 Å². The van der Waals surface area contributed by atoms with Crippen molar-refractivity contribution in [2.45, 2.75) is 23.8 Å². The molecule has 10 heteroatoms. The lowest BCUT2D eigenvalue weighted by Crippen LogP contribution is -2.44. The van der Waals surface area contributed by atoms with Crippen LogP contribution in [0.5, 0.6) is 11.5 Å². The first kappa shape index (κ1) is 23.1. The van der Waals surface area contributed by atoms with Gasteiger partial charge in [-0.3, -0.25) is 9.59 Å². The Morgan fingerprint density at radius 3 is 2.25 bits per heavy atom. The Bertz CT molecular complexity index is 1340. The molecule has 0 radical (unpaired) electrons. The van der Waals surface area contributed by atoms with Crippen LogP contribution < -0.4 is 9.47 Å². The number of fused-ring (bicyclic) bond motifs is 1. The Morgan fingerprint density at radius 2 is 1.58 bits per heavy atom. The van der Waals surface area contributed by atoms with Gasteiger partial charge in [-0.2, -0.15) is 4.31 Å². The highest BCUT2D eigenvalue weighted by molar-refractivity contribution is 7.89. The van der Waals surface area contributed by atoms with Crippen LogP contribution in [0.4, 0.5) is 0 Å². The zero-order valence-corrected chi connectivity index (χ0v) is 20.6. The van der Waals surface area contributed by atoms with Gasteiger partial charge in [0.1, 0.15) is 19.3 Å². The number of rotatable bonds is 5. The SMILES string of the molecule is O=C(C(c1ccccc1)N1CCCC1=O)N1CC2=C(C1)CN(S(=O)(=O)c1ccc3c(c1)OCCO3)C2. The predicted molar refractivity (Wildman–Crippen MR) is 130 cm³/mol. The Morgan fingerprint density at radius 1 is 0.889 bits per heavy atom. The van der Waals surface area contributed by atoms with E-state index in [0.717, 1.165) is 23.1 Å². The van der Waals surface area contributed by atoms with Gasteiger partial charge in [-0.1, -0.05) is 30.3 Å². The summed E-state index contributed by atoms with van der Waals surface area (Å²) in [5.41, 5.74) is 2.70. The molecule has 0 bridgehead atoms. The average Bonchev–Trinajstić information content (AvgIpc) is 3.60. The van der Waals surface area contributed by atoms with Crippen molar-refractivity contribution in [1.29, 1.82) is 0 Å². The number of carbonyl (C=O) groups is 2. The molecule has 9 nitrogen and oxygen atoms in total. The topological polar surface area (TPSA) is 96.5 Å². The summed E-state index contributed by atoms with van der Waals surface area (Å²) in [4.78, 5) is 29.8. The molecule has 1 atom stereocenters. The van der Waals surface area contributed by atoms with Crippen LogP contribution in [0.3, 0.4) is 0 Å². The number of sulfonamides is 1. The van der Waals surface area contributed by atoms with Crippen LogP contribution in [0.2, 0.25) is 0 Å². The van der Waals surface area contributed by atoms with E-state index in [1.807, 2.05) is 30.3 Å². The first-order valence-corrected chi connectivity index (χ1v) is 13.6. The van der Waals surface area contributed by atoms with E-state index in [1.54, 1.807) is 21.9 Å². The monoisotopic (exact) mass is 509 g/mol. The van der Waals surface area contributed by atoms with E-state index >= 15 is 0 Å². The highest BCUT2D eigenvalue weighted by Crippen LogP contribution is 2.36. The molecule has 36 heavy (non-hydrogen) atoms. The van der Waals surface area contributed by atoms with Crippen molar-refractivity contribution in [3.05, 3.63) is 65.2 Å². The standard InChI is InChI=1S/C26H27N3O6S/c30-24-7-4-10-29(24)25(18-5-2-1-3-6-18)26(31)27-14-19-16-28(17-20(19)15-27)36(32,33)21-8-9-22-23(13-21)35-12-11-34-22/h1-3,5-6,8-9,13,25H,4,7,10-12,14-17H2. The zero-order valence-electron chi connectivity index (χ0n) is 19.8. The van der Waals surface area contributed by atoms with Gasteiger partial charge in [-0.05, 0) is 35.3 Å². The third kappa shape index (κ3) is 3.94. The molecule has 2 amide bonds. The van der Waals surface area contributed by atoms with Gasteiger partial charge in [-0.25, -0.2) is 8.42 Å². The minimum Gasteiger partial charge on any atom is -0.486 e. The van der Waals surface area contributed by atoms with Crippen molar-refractivity contribution in [2.24, 2.45) is 0 Å². The molecule has 188 valence electrons. The van der Waals surface area contributed by atoms with Gasteiger partial charge in [0, 0.05) is 45.2 Å². The molecular weight excluding hydrogens is 482 g/mol. The van der Waals surface area contributed by atoms with Gasteiger partial charge < -0.3 is 19.3 Å². The minimum absolute atomic E-state index is 0.00593. The highest BCUT2D eigenvalue weighted by atomic mass is 32.2. The molecule has 0 spiro atoms. The fourth-order valence-corrected chi connectivity index (χ4v) is 6.86. The lowest BCUT2D eigenvalue weighted by atomic mass is 10.0. The quantitative estimate of drug-likeness (QED) is 0.572. The summed E-state index contributed by atoms with van der Waals surface area (Å²) < 4.78 is 39.2. The van der Waals surface area contributed by atoms with E-state index in [4.69, 9.17) is 9.47 Å². The summed E-state index contributed by atoms with van der Waals surface area (Å²) in [7, 11) is -3.73. The second-order valence-corrected chi connectivity index (χ2v) is 11.4. The molecular formula is C26H27N3O6S. The molecule has 0 N–H and O–H groups in total. The number of likely N-dealkylation sites (tertiary alicyclic amines) is 1. The third-order valence-electron chi connectivity index (χ3n) is 7.23. The summed E-state index contributed by atoms with van der Waals surface area (Å²) >= 11 is 0. The number of nitrogens with zero attached hydrogens (tertiary/aromatic N) is 3. The summed E-state index contributed by atoms with van der Waals surface area (Å²) in [6.45, 7) is 2.61. The Labute approximate surface area is 209 Å². The van der Waals surface area contributed by atoms with E-state index in [0.29, 0.717) is 50.8 Å². The van der Waals surface area contributed by atoms with Gasteiger partial charge >= 0.3 is 0 Å². The minimum atomic E-state index is -3.73. The van der Waals surface area contributed by atoms with Crippen molar-refractivity contribution in [3.8, 4) is 11.5 Å². The lowest BCUT2D eigenvalue weighted by Gasteiger charge is -2.32. The first-order chi connectivity index (χ1) is 17.4. The van der Waals surface area contributed by atoms with Gasteiger partial charge in [0.05, 0.1) is 4.90 Å². The van der Waals surface area contributed by atoms with E-state index in [-0.39, 0.29) is 29.8 Å². The molecule has 0 aliphatic carbocycles. The van der Waals surface area contributed by atoms with Gasteiger partial charge in [0.25, 0.3) is 5.91 Å². The van der Waals surface area contributed by atoms with Crippen LogP contribution in [0, 0.1) is 0 Å². The van der Waals surface area contributed by atoms with Crippen molar-refractivity contribution >= 4 is 21.8 Å². The van der Waals surface area contributed by atoms with Crippen LogP contribution in [0.15, 0.2) is 64.6 Å². The Balaban J connectivity index is 1.17. The molecule has 0 aromatic heterocycles. The van der Waals surface area contributed by atoms with Gasteiger partial charge in [-0.15, -0.1) is 0 Å². The number of hydrogen-bond acceptors (Lipinski definition) is 6. The number of hydrogen-bond donors (Lipinski definition) is 0. The molecule has 2 aromatic carbocycles. The lowest BCUT2D eigenvalue weighted by molar-refractivity contribution is -0.143. The molecule has 4 aliphatic rings. The normalized spacial score (nSPS) is 20.7. The Hall–Kier alpha value is -3.37. The summed E-state index contributed by atoms with van der Waals surface area (Å²) in [6, 6.07) is 13.4. The second-order valence-electron chi connectivity index (χ2n) is 9.48. The number of ether oxygens (including phenoxy) is 2. The maximum atomic E-state index is 13.7. The third-order valence-corrected chi connectivity index (χ3v) is 9.02. The smallest absolute Gasteiger partial charge is 0.250 e. The fraction of sp³-hybridized carbons (Fsp3) is 0.385. The van der Waals surface area contributed by atoms with E-state index in [2.05, 4.69) is 0 Å². The molecule has 0 saturated carbocycles. The molecule has 1 fully saturated rings. The van der Waals surface area contributed by atoms with E-state index in [1.165, 1.54) is 10.4 Å². The molecule has 2 aromatic rings. The number of amides is 2.